The minimum atomic E-state index is -0.486. The van der Waals surface area contributed by atoms with Crippen molar-refractivity contribution in [3.05, 3.63) is 146 Å². The highest BCUT2D eigenvalue weighted by molar-refractivity contribution is 5.70. The van der Waals surface area contributed by atoms with E-state index in [1.807, 2.05) is 12.2 Å². The van der Waals surface area contributed by atoms with Crippen molar-refractivity contribution in [2.75, 3.05) is 13.2 Å². The van der Waals surface area contributed by atoms with Crippen molar-refractivity contribution < 1.29 is 28.5 Å². The molecule has 2 fully saturated rings. The summed E-state index contributed by atoms with van der Waals surface area (Å²) < 4.78 is 23.0. The molecule has 2 rings (SSSR count). The average Bonchev–Trinajstić information content (AvgIpc) is 3.79. The van der Waals surface area contributed by atoms with Crippen LogP contribution in [0, 0.1) is 0 Å². The molecule has 2 aliphatic rings. The molecule has 0 N–H and O–H groups in total. The van der Waals surface area contributed by atoms with Gasteiger partial charge in [0.25, 0.3) is 0 Å². The van der Waals surface area contributed by atoms with Crippen LogP contribution in [0.5, 0.6) is 0 Å². The summed E-state index contributed by atoms with van der Waals surface area (Å²) >= 11 is 0. The predicted molar refractivity (Wildman–Crippen MR) is 234 cm³/mol. The van der Waals surface area contributed by atoms with Crippen molar-refractivity contribution in [3.63, 3.8) is 0 Å². The number of allylic oxidation sites excluding steroid dienone is 24. The standard InChI is InChI=1S/C50H70O6/c1-3-5-7-9-11-13-15-17-19-21-23-25-27-29-31-33-35-37-39-41-47(51)55-45-43-53-50-46(44-54-49(45)50)56-48(52)42-40-38-36-34-32-30-28-26-24-22-20-18-16-14-12-10-8-6-4-2/h5-8,11-14,17-20,23-26,29-32,35-38,45-46,49-50H,3-4,9-10,15-16,21-22,27-28,33-34,39-44H2,1-2H3/b7-5-,8-6-,13-11-,14-12-,19-17-,20-18-,25-23-,26-24-,31-29-,32-30-,37-35-,38-36-/t45-,46+,49?,50?. The van der Waals surface area contributed by atoms with Crippen LogP contribution < -0.4 is 0 Å². The van der Waals surface area contributed by atoms with E-state index in [-0.39, 0.29) is 25.2 Å². The molecule has 0 spiro atoms. The highest BCUT2D eigenvalue weighted by Gasteiger charge is 2.51. The molecule has 0 radical (unpaired) electrons. The van der Waals surface area contributed by atoms with Crippen LogP contribution in [0.2, 0.25) is 0 Å². The number of esters is 2. The molecule has 306 valence electrons. The van der Waals surface area contributed by atoms with E-state index in [9.17, 15) is 9.59 Å². The number of hydrogen-bond acceptors (Lipinski definition) is 6. The summed E-state index contributed by atoms with van der Waals surface area (Å²) in [5, 5.41) is 0. The van der Waals surface area contributed by atoms with Gasteiger partial charge in [0.05, 0.1) is 13.2 Å². The molecule has 6 nitrogen and oxygen atoms in total. The van der Waals surface area contributed by atoms with Gasteiger partial charge in [-0.1, -0.05) is 160 Å². The Morgan fingerprint density at radius 2 is 0.625 bits per heavy atom. The van der Waals surface area contributed by atoms with E-state index < -0.39 is 24.4 Å². The molecule has 0 saturated carbocycles. The van der Waals surface area contributed by atoms with Gasteiger partial charge in [-0.25, -0.2) is 0 Å². The second-order valence-corrected chi connectivity index (χ2v) is 13.6. The van der Waals surface area contributed by atoms with Crippen LogP contribution in [0.25, 0.3) is 0 Å². The van der Waals surface area contributed by atoms with Crippen LogP contribution in [-0.4, -0.2) is 49.6 Å². The Hall–Kier alpha value is -4.26. The number of hydrogen-bond donors (Lipinski definition) is 0. The van der Waals surface area contributed by atoms with Crippen molar-refractivity contribution in [3.8, 4) is 0 Å². The zero-order valence-corrected chi connectivity index (χ0v) is 34.3. The van der Waals surface area contributed by atoms with Crippen molar-refractivity contribution in [2.24, 2.45) is 0 Å². The van der Waals surface area contributed by atoms with E-state index in [0.717, 1.165) is 77.0 Å². The molecule has 56 heavy (non-hydrogen) atoms. The Kier molecular flexibility index (Phi) is 30.1. The minimum Gasteiger partial charge on any atom is -0.457 e. The van der Waals surface area contributed by atoms with E-state index in [1.54, 1.807) is 0 Å². The van der Waals surface area contributed by atoms with Crippen LogP contribution in [0.3, 0.4) is 0 Å². The molecular weight excluding hydrogens is 697 g/mol. The van der Waals surface area contributed by atoms with Gasteiger partial charge in [0.15, 0.2) is 12.2 Å². The fourth-order valence-corrected chi connectivity index (χ4v) is 5.77. The van der Waals surface area contributed by atoms with E-state index in [4.69, 9.17) is 18.9 Å². The maximum atomic E-state index is 12.5. The summed E-state index contributed by atoms with van der Waals surface area (Å²) in [6.07, 6.45) is 63.5. The van der Waals surface area contributed by atoms with Gasteiger partial charge < -0.3 is 18.9 Å². The number of carbonyl (C=O) groups excluding carboxylic acids is 2. The highest BCUT2D eigenvalue weighted by Crippen LogP contribution is 2.31. The lowest BCUT2D eigenvalue weighted by atomic mass is 10.1. The van der Waals surface area contributed by atoms with Crippen molar-refractivity contribution in [1.82, 2.24) is 0 Å². The fraction of sp³-hybridized carbons (Fsp3) is 0.480. The Bertz CT molecular complexity index is 1290. The summed E-state index contributed by atoms with van der Waals surface area (Å²) in [6, 6.07) is 0. The van der Waals surface area contributed by atoms with Gasteiger partial charge in [0, 0.05) is 12.8 Å². The molecule has 0 aromatic heterocycles. The first kappa shape index (κ1) is 47.9. The lowest BCUT2D eigenvalue weighted by Crippen LogP contribution is -2.35. The molecule has 2 unspecified atom stereocenters. The first-order chi connectivity index (χ1) is 27.7. The third-order valence-electron chi connectivity index (χ3n) is 8.75. The first-order valence-corrected chi connectivity index (χ1v) is 21.1. The van der Waals surface area contributed by atoms with Gasteiger partial charge in [-0.05, 0) is 89.9 Å². The van der Waals surface area contributed by atoms with E-state index >= 15 is 0 Å². The van der Waals surface area contributed by atoms with Gasteiger partial charge in [-0.15, -0.1) is 0 Å². The summed E-state index contributed by atoms with van der Waals surface area (Å²) in [7, 11) is 0. The Balaban J connectivity index is 1.47. The SMILES string of the molecule is CC/C=C\C/C=C\C/C=C\C/C=C\C/C=C\C/C=C\CCC(=O)O[C@H]1COC2C1OC[C@H]2OC(=O)CC/C=C\C/C=C\C/C=C\C/C=C\C/C=C\C/C=C\CC. The maximum absolute atomic E-state index is 12.5. The Labute approximate surface area is 339 Å². The number of rotatable bonds is 30. The van der Waals surface area contributed by atoms with Crippen LogP contribution >= 0.6 is 0 Å². The number of ether oxygens (including phenoxy) is 4. The second kappa shape index (κ2) is 35.2. The quantitative estimate of drug-likeness (QED) is 0.0535. The Morgan fingerprint density at radius 3 is 0.875 bits per heavy atom. The van der Waals surface area contributed by atoms with E-state index in [2.05, 4.69) is 148 Å². The van der Waals surface area contributed by atoms with Gasteiger partial charge in [0.2, 0.25) is 0 Å². The van der Waals surface area contributed by atoms with E-state index in [0.29, 0.717) is 25.7 Å². The molecule has 4 atom stereocenters. The van der Waals surface area contributed by atoms with Gasteiger partial charge in [-0.2, -0.15) is 0 Å². The Morgan fingerprint density at radius 1 is 0.393 bits per heavy atom. The molecule has 2 heterocycles. The van der Waals surface area contributed by atoms with Gasteiger partial charge in [-0.3, -0.25) is 9.59 Å². The summed E-state index contributed by atoms with van der Waals surface area (Å²) in [4.78, 5) is 24.9. The van der Waals surface area contributed by atoms with Gasteiger partial charge in [0.1, 0.15) is 12.2 Å². The van der Waals surface area contributed by atoms with Crippen LogP contribution in [0.15, 0.2) is 146 Å². The molecule has 0 bridgehead atoms. The zero-order chi connectivity index (χ0) is 40.0. The highest BCUT2D eigenvalue weighted by atomic mass is 16.7. The monoisotopic (exact) mass is 767 g/mol. The molecule has 0 aromatic rings. The molecule has 2 saturated heterocycles. The molecule has 0 aliphatic carbocycles. The minimum absolute atomic E-state index is 0.244. The van der Waals surface area contributed by atoms with E-state index in [1.165, 1.54) is 0 Å². The summed E-state index contributed by atoms with van der Waals surface area (Å²) in [6.45, 7) is 4.79. The molecule has 0 amide bonds. The molecule has 2 aliphatic heterocycles. The maximum Gasteiger partial charge on any atom is 0.306 e. The third kappa shape index (κ3) is 25.8. The largest absolute Gasteiger partial charge is 0.457 e. The van der Waals surface area contributed by atoms with Crippen LogP contribution in [-0.2, 0) is 28.5 Å². The topological polar surface area (TPSA) is 71.1 Å². The van der Waals surface area contributed by atoms with Crippen molar-refractivity contribution >= 4 is 11.9 Å². The molecule has 0 aromatic carbocycles. The van der Waals surface area contributed by atoms with Crippen molar-refractivity contribution in [2.45, 2.75) is 141 Å². The summed E-state index contributed by atoms with van der Waals surface area (Å²) in [5.41, 5.74) is 0. The number of fused-ring (bicyclic) bond motifs is 1. The predicted octanol–water partition coefficient (Wildman–Crippen LogP) is 12.6. The second-order valence-electron chi connectivity index (χ2n) is 13.6. The third-order valence-corrected chi connectivity index (χ3v) is 8.75. The average molecular weight is 767 g/mol. The molecular formula is C50H70O6. The lowest BCUT2D eigenvalue weighted by Gasteiger charge is -2.17. The fourth-order valence-electron chi connectivity index (χ4n) is 5.77. The van der Waals surface area contributed by atoms with Crippen molar-refractivity contribution in [1.29, 1.82) is 0 Å². The first-order valence-electron chi connectivity index (χ1n) is 21.1. The summed E-state index contributed by atoms with van der Waals surface area (Å²) in [5.74, 6) is -0.557. The van der Waals surface area contributed by atoms with Crippen LogP contribution in [0.1, 0.15) is 117 Å². The number of carbonyl (C=O) groups is 2. The molecule has 6 heteroatoms. The smallest absolute Gasteiger partial charge is 0.306 e. The van der Waals surface area contributed by atoms with Crippen LogP contribution in [0.4, 0.5) is 0 Å². The lowest BCUT2D eigenvalue weighted by molar-refractivity contribution is -0.155. The van der Waals surface area contributed by atoms with Gasteiger partial charge >= 0.3 is 11.9 Å². The normalized spacial score (nSPS) is 20.8. The zero-order valence-electron chi connectivity index (χ0n) is 34.3.